The van der Waals surface area contributed by atoms with Crippen LogP contribution in [0.15, 0.2) is 397 Å². The minimum atomic E-state index is 0.624. The van der Waals surface area contributed by atoms with E-state index in [-0.39, 0.29) is 0 Å². The van der Waals surface area contributed by atoms with Crippen LogP contribution < -0.4 is 0 Å². The quantitative estimate of drug-likeness (QED) is 0.150. The Morgan fingerprint density at radius 2 is 0.579 bits per heavy atom. The lowest BCUT2D eigenvalue weighted by Gasteiger charge is -2.13. The number of hydrogen-bond acceptors (Lipinski definition) is 7. The van der Waals surface area contributed by atoms with Crippen molar-refractivity contribution in [3.05, 3.63) is 388 Å². The van der Waals surface area contributed by atoms with Crippen LogP contribution in [0.4, 0.5) is 0 Å². The third-order valence-electron chi connectivity index (χ3n) is 24.9. The van der Waals surface area contributed by atoms with Crippen molar-refractivity contribution in [2.75, 3.05) is 0 Å². The van der Waals surface area contributed by atoms with Gasteiger partial charge in [0.15, 0.2) is 0 Å². The standard InChI is InChI=1S/C56H32N4OS.C54H32N4O/c1-3-15-33(16-4-1)35-27-29-45-42(31-35)37-20-9-12-24-43(37)59(45)47-32-48-50(38-21-8-7-19-36(38)47)41-28-30-46-51(54(41)61-48)39-22-10-13-25-44(39)60(46)56-57-52(34-17-5-2-6-18-34)55-53(58-56)40-23-11-14-26-49(40)62-55;1-3-15-33(16-4-1)35-27-29-46-42(31-35)37-20-10-13-25-44(37)57(46)48-32-49-50(38-21-8-7-19-36(38)48)41-28-30-47-51(53(41)59-49)40-23-11-14-26-45(40)58(47)54-55-43-24-12-9-22-39(43)52(56-54)34-17-5-2-6-18-34/h1-32H;1-32H. The fourth-order valence-electron chi connectivity index (χ4n) is 19.6. The number of rotatable bonds is 8. The smallest absolute Gasteiger partial charge is 0.235 e. The summed E-state index contributed by atoms with van der Waals surface area (Å²) in [6, 6.07) is 138. The zero-order chi connectivity index (χ0) is 79.1. The van der Waals surface area contributed by atoms with E-state index < -0.39 is 0 Å². The lowest BCUT2D eigenvalue weighted by Crippen LogP contribution is -2.03. The van der Waals surface area contributed by atoms with E-state index in [0.29, 0.717) is 11.9 Å². The van der Waals surface area contributed by atoms with Gasteiger partial charge in [-0.1, -0.05) is 291 Å². The van der Waals surface area contributed by atoms with Gasteiger partial charge in [-0.25, -0.2) is 19.9 Å². The average Bonchev–Trinajstić information content (AvgIpc) is 1.55. The number of fused-ring (bicyclic) bond motifs is 28. The lowest BCUT2D eigenvalue weighted by atomic mass is 10.0. The van der Waals surface area contributed by atoms with Gasteiger partial charge >= 0.3 is 0 Å². The Labute approximate surface area is 693 Å². The molecule has 11 heteroatoms. The predicted octanol–water partition coefficient (Wildman–Crippen LogP) is 29.6. The molecule has 9 aromatic heterocycles. The average molecular weight is 1560 g/mol. The summed E-state index contributed by atoms with van der Waals surface area (Å²) >= 11 is 1.75. The van der Waals surface area contributed by atoms with Gasteiger partial charge in [-0.05, 0) is 118 Å². The van der Waals surface area contributed by atoms with E-state index in [1.165, 1.54) is 48.5 Å². The molecule has 0 saturated heterocycles. The van der Waals surface area contributed by atoms with E-state index >= 15 is 0 Å². The second-order valence-corrected chi connectivity index (χ2v) is 32.4. The first kappa shape index (κ1) is 67.1. The Kier molecular flexibility index (Phi) is 14.5. The van der Waals surface area contributed by atoms with Gasteiger partial charge in [-0.15, -0.1) is 11.3 Å². The SMILES string of the molecule is c1ccc(-c2ccc3c(c2)c2ccccc2n3-c2cc3oc4c(ccc5c4c4ccccc4n5-c4nc(-c5ccccc5)c5ccccc5n4)c3c3ccccc23)cc1.c1ccc(-c2ccc3c(c2)c2ccccc2n3-c2cc3oc4c(ccc5c4c4ccccc4n5-c4nc(-c5ccccc5)c5sc6ccccc6c5n4)c3c3ccccc23)cc1. The van der Waals surface area contributed by atoms with E-state index in [0.717, 1.165) is 191 Å². The topological polar surface area (TPSA) is 97.6 Å². The van der Waals surface area contributed by atoms with Gasteiger partial charge in [-0.3, -0.25) is 9.13 Å². The molecular formula is C110H64N8O2S. The normalized spacial score (nSPS) is 12.1. The molecule has 0 spiro atoms. The maximum atomic E-state index is 7.21. The van der Waals surface area contributed by atoms with Gasteiger partial charge in [0.2, 0.25) is 11.9 Å². The summed E-state index contributed by atoms with van der Waals surface area (Å²) in [5, 5.41) is 20.3. The molecule has 9 heterocycles. The Balaban J connectivity index is 0.000000131. The van der Waals surface area contributed by atoms with E-state index in [9.17, 15) is 0 Å². The minimum absolute atomic E-state index is 0.624. The van der Waals surface area contributed by atoms with Gasteiger partial charge in [0.1, 0.15) is 22.3 Å². The van der Waals surface area contributed by atoms with Crippen molar-refractivity contribution in [2.24, 2.45) is 0 Å². The van der Waals surface area contributed by atoms with Crippen molar-refractivity contribution in [2.45, 2.75) is 0 Å². The molecule has 121 heavy (non-hydrogen) atoms. The second-order valence-electron chi connectivity index (χ2n) is 31.4. The monoisotopic (exact) mass is 1560 g/mol. The van der Waals surface area contributed by atoms with Crippen LogP contribution >= 0.6 is 11.3 Å². The fraction of sp³-hybridized carbons (Fsp3) is 0. The van der Waals surface area contributed by atoms with Crippen LogP contribution in [0.2, 0.25) is 0 Å². The van der Waals surface area contributed by atoms with E-state index in [1.807, 2.05) is 12.1 Å². The minimum Gasteiger partial charge on any atom is -0.455 e. The molecule has 0 aliphatic carbocycles. The third kappa shape index (κ3) is 10.0. The van der Waals surface area contributed by atoms with E-state index in [1.54, 1.807) is 11.3 Å². The molecule has 562 valence electrons. The van der Waals surface area contributed by atoms with E-state index in [2.05, 4.69) is 394 Å². The summed E-state index contributed by atoms with van der Waals surface area (Å²) in [6.07, 6.45) is 0. The maximum Gasteiger partial charge on any atom is 0.235 e. The number of thiophene rings is 1. The number of hydrogen-bond donors (Lipinski definition) is 0. The highest BCUT2D eigenvalue weighted by Crippen LogP contribution is 2.50. The molecule has 0 bridgehead atoms. The van der Waals surface area contributed by atoms with Crippen LogP contribution in [0.1, 0.15) is 0 Å². The van der Waals surface area contributed by atoms with Crippen LogP contribution in [0, 0.1) is 0 Å². The second kappa shape index (κ2) is 26.2. The Hall–Kier alpha value is -16.1. The molecular weight excluding hydrogens is 1500 g/mol. The number of benzene rings is 18. The number of furan rings is 2. The zero-order valence-electron chi connectivity index (χ0n) is 64.8. The first-order valence-electron chi connectivity index (χ1n) is 40.9. The van der Waals surface area contributed by atoms with Crippen LogP contribution in [-0.4, -0.2) is 38.2 Å². The van der Waals surface area contributed by atoms with Crippen molar-refractivity contribution in [1.29, 1.82) is 0 Å². The molecule has 0 fully saturated rings. The predicted molar refractivity (Wildman–Crippen MR) is 503 cm³/mol. The van der Waals surface area contributed by atoms with Crippen LogP contribution in [0.25, 0.3) is 252 Å². The molecule has 10 nitrogen and oxygen atoms in total. The molecule has 0 saturated carbocycles. The van der Waals surface area contributed by atoms with Gasteiger partial charge < -0.3 is 18.0 Å². The summed E-state index contributed by atoms with van der Waals surface area (Å²) in [5.41, 5.74) is 24.9. The lowest BCUT2D eigenvalue weighted by molar-refractivity contribution is 0.672. The molecule has 0 radical (unpaired) electrons. The summed E-state index contributed by atoms with van der Waals surface area (Å²) in [7, 11) is 0. The number of aromatic nitrogens is 8. The van der Waals surface area contributed by atoms with Crippen molar-refractivity contribution in [1.82, 2.24) is 38.2 Å². The molecule has 18 aromatic carbocycles. The van der Waals surface area contributed by atoms with E-state index in [4.69, 9.17) is 28.8 Å². The van der Waals surface area contributed by atoms with Gasteiger partial charge in [0.05, 0.1) is 93.4 Å². The Morgan fingerprint density at radius 3 is 1.07 bits per heavy atom. The van der Waals surface area contributed by atoms with Crippen molar-refractivity contribution in [3.8, 4) is 68.0 Å². The molecule has 0 aliphatic heterocycles. The molecule has 0 N–H and O–H groups in total. The maximum absolute atomic E-state index is 7.21. The fourth-order valence-corrected chi connectivity index (χ4v) is 20.8. The Morgan fingerprint density at radius 1 is 0.215 bits per heavy atom. The van der Waals surface area contributed by atoms with Gasteiger partial charge in [0, 0.05) is 103 Å². The highest BCUT2D eigenvalue weighted by Gasteiger charge is 2.29. The number of nitrogens with zero attached hydrogens (tertiary/aromatic N) is 8. The van der Waals surface area contributed by atoms with Crippen LogP contribution in [-0.2, 0) is 0 Å². The third-order valence-corrected chi connectivity index (χ3v) is 26.0. The summed E-state index contributed by atoms with van der Waals surface area (Å²) in [4.78, 5) is 21.3. The summed E-state index contributed by atoms with van der Waals surface area (Å²) < 4.78 is 25.9. The zero-order valence-corrected chi connectivity index (χ0v) is 65.6. The highest BCUT2D eigenvalue weighted by molar-refractivity contribution is 7.26. The highest BCUT2D eigenvalue weighted by atomic mass is 32.1. The molecule has 27 rings (SSSR count). The molecule has 0 atom stereocenters. The van der Waals surface area contributed by atoms with Crippen LogP contribution in [0.3, 0.4) is 0 Å². The van der Waals surface area contributed by atoms with Gasteiger partial charge in [0.25, 0.3) is 0 Å². The number of para-hydroxylation sites is 5. The Bertz CT molecular complexity index is 9040. The molecule has 0 aliphatic rings. The largest absolute Gasteiger partial charge is 0.455 e. The van der Waals surface area contributed by atoms with Crippen molar-refractivity contribution in [3.63, 3.8) is 0 Å². The first-order valence-corrected chi connectivity index (χ1v) is 41.7. The summed E-state index contributed by atoms with van der Waals surface area (Å²) in [6.45, 7) is 0. The molecule has 0 amide bonds. The molecule has 0 unspecified atom stereocenters. The van der Waals surface area contributed by atoms with Crippen molar-refractivity contribution >= 4 is 195 Å². The van der Waals surface area contributed by atoms with Crippen molar-refractivity contribution < 1.29 is 8.83 Å². The van der Waals surface area contributed by atoms with Crippen LogP contribution in [0.5, 0.6) is 0 Å². The summed E-state index contributed by atoms with van der Waals surface area (Å²) in [5.74, 6) is 1.26. The first-order chi connectivity index (χ1) is 60.0. The molecule has 27 aromatic rings. The van der Waals surface area contributed by atoms with Gasteiger partial charge in [-0.2, -0.15) is 0 Å².